The molecule has 0 aliphatic heterocycles. The van der Waals surface area contributed by atoms with Crippen molar-refractivity contribution in [3.8, 4) is 0 Å². The molecule has 1 atom stereocenters. The summed E-state index contributed by atoms with van der Waals surface area (Å²) in [5.41, 5.74) is 2.13. The van der Waals surface area contributed by atoms with Crippen molar-refractivity contribution in [3.63, 3.8) is 0 Å². The molecule has 2 rings (SSSR count). The number of imidazole rings is 1. The van der Waals surface area contributed by atoms with E-state index in [2.05, 4.69) is 27.9 Å². The molecule has 0 radical (unpaired) electrons. The number of aromatic nitrogens is 2. The zero-order valence-corrected chi connectivity index (χ0v) is 12.7. The van der Waals surface area contributed by atoms with Crippen molar-refractivity contribution >= 4 is 16.9 Å². The number of para-hydroxylation sites is 2. The van der Waals surface area contributed by atoms with Gasteiger partial charge in [0.05, 0.1) is 17.1 Å². The Labute approximate surface area is 125 Å². The molecule has 0 saturated carbocycles. The summed E-state index contributed by atoms with van der Waals surface area (Å²) in [6.07, 6.45) is 1.14. The monoisotopic (exact) mass is 289 g/mol. The summed E-state index contributed by atoms with van der Waals surface area (Å²) in [5, 5.41) is 12.0. The zero-order chi connectivity index (χ0) is 15.2. The van der Waals surface area contributed by atoms with Gasteiger partial charge in [-0.15, -0.1) is 0 Å². The van der Waals surface area contributed by atoms with E-state index in [0.29, 0.717) is 25.8 Å². The maximum atomic E-state index is 11.6. The summed E-state index contributed by atoms with van der Waals surface area (Å²) in [5.74, 6) is 0.976. The molecule has 21 heavy (non-hydrogen) atoms. The van der Waals surface area contributed by atoms with Gasteiger partial charge in [-0.05, 0) is 32.4 Å². The minimum absolute atomic E-state index is 0.0185. The van der Waals surface area contributed by atoms with Crippen LogP contribution in [0.3, 0.4) is 0 Å². The SMILES string of the molecule is CCn1c(CCNC(=O)CCC(C)O)nc2ccccc21. The highest BCUT2D eigenvalue weighted by Crippen LogP contribution is 2.15. The fraction of sp³-hybridized carbons (Fsp3) is 0.500. The lowest BCUT2D eigenvalue weighted by Gasteiger charge is -2.08. The number of carbonyl (C=O) groups is 1. The van der Waals surface area contributed by atoms with Crippen LogP contribution in [0.2, 0.25) is 0 Å². The first-order valence-electron chi connectivity index (χ1n) is 7.50. The van der Waals surface area contributed by atoms with Gasteiger partial charge in [0.15, 0.2) is 0 Å². The second-order valence-electron chi connectivity index (χ2n) is 5.25. The third-order valence-electron chi connectivity index (χ3n) is 3.51. The van der Waals surface area contributed by atoms with Crippen LogP contribution in [0.15, 0.2) is 24.3 Å². The van der Waals surface area contributed by atoms with Crippen LogP contribution in [0.4, 0.5) is 0 Å². The Morgan fingerprint density at radius 3 is 2.90 bits per heavy atom. The highest BCUT2D eigenvalue weighted by atomic mass is 16.3. The molecule has 114 valence electrons. The van der Waals surface area contributed by atoms with Crippen molar-refractivity contribution in [3.05, 3.63) is 30.1 Å². The number of nitrogens with one attached hydrogen (secondary N) is 1. The van der Waals surface area contributed by atoms with Gasteiger partial charge in [-0.25, -0.2) is 4.98 Å². The van der Waals surface area contributed by atoms with E-state index in [1.807, 2.05) is 18.2 Å². The van der Waals surface area contributed by atoms with Gasteiger partial charge in [0.2, 0.25) is 5.91 Å². The van der Waals surface area contributed by atoms with Crippen molar-refractivity contribution in [1.29, 1.82) is 0 Å². The average molecular weight is 289 g/mol. The minimum Gasteiger partial charge on any atom is -0.393 e. The third-order valence-corrected chi connectivity index (χ3v) is 3.51. The van der Waals surface area contributed by atoms with Crippen LogP contribution in [0.5, 0.6) is 0 Å². The highest BCUT2D eigenvalue weighted by molar-refractivity contribution is 5.76. The number of aliphatic hydroxyl groups is 1. The number of aliphatic hydroxyl groups excluding tert-OH is 1. The van der Waals surface area contributed by atoms with E-state index in [1.165, 1.54) is 0 Å². The number of amides is 1. The number of hydrogen-bond donors (Lipinski definition) is 2. The van der Waals surface area contributed by atoms with Crippen molar-refractivity contribution in [1.82, 2.24) is 14.9 Å². The van der Waals surface area contributed by atoms with E-state index in [1.54, 1.807) is 6.92 Å². The van der Waals surface area contributed by atoms with E-state index in [4.69, 9.17) is 5.11 Å². The Morgan fingerprint density at radius 2 is 2.19 bits per heavy atom. The number of carbonyl (C=O) groups excluding carboxylic acids is 1. The molecule has 0 bridgehead atoms. The fourth-order valence-corrected chi connectivity index (χ4v) is 2.41. The number of hydrogen-bond acceptors (Lipinski definition) is 3. The van der Waals surface area contributed by atoms with Crippen LogP contribution < -0.4 is 5.32 Å². The standard InChI is InChI=1S/C16H23N3O2/c1-3-19-14-7-5-4-6-13(14)18-15(19)10-11-17-16(21)9-8-12(2)20/h4-7,12,20H,3,8-11H2,1-2H3,(H,17,21). The van der Waals surface area contributed by atoms with Crippen molar-refractivity contribution < 1.29 is 9.90 Å². The van der Waals surface area contributed by atoms with Crippen LogP contribution >= 0.6 is 0 Å². The Bertz CT molecular complexity index is 605. The summed E-state index contributed by atoms with van der Waals surface area (Å²) < 4.78 is 2.18. The highest BCUT2D eigenvalue weighted by Gasteiger charge is 2.09. The molecule has 2 N–H and O–H groups in total. The van der Waals surface area contributed by atoms with Crippen LogP contribution in [-0.4, -0.2) is 33.2 Å². The van der Waals surface area contributed by atoms with Crippen molar-refractivity contribution in [2.75, 3.05) is 6.54 Å². The molecule has 0 spiro atoms. The zero-order valence-electron chi connectivity index (χ0n) is 12.7. The molecule has 1 aromatic carbocycles. The molecule has 1 amide bonds. The first-order chi connectivity index (χ1) is 10.1. The van der Waals surface area contributed by atoms with E-state index in [-0.39, 0.29) is 5.91 Å². The molecule has 2 aromatic rings. The summed E-state index contributed by atoms with van der Waals surface area (Å²) >= 11 is 0. The molecular formula is C16H23N3O2. The van der Waals surface area contributed by atoms with Gasteiger partial charge in [0.25, 0.3) is 0 Å². The molecular weight excluding hydrogens is 266 g/mol. The van der Waals surface area contributed by atoms with Gasteiger partial charge in [-0.3, -0.25) is 4.79 Å². The van der Waals surface area contributed by atoms with Gasteiger partial charge in [0, 0.05) is 25.9 Å². The lowest BCUT2D eigenvalue weighted by atomic mass is 10.2. The van der Waals surface area contributed by atoms with E-state index in [9.17, 15) is 4.79 Å². The molecule has 1 unspecified atom stereocenters. The molecule has 1 heterocycles. The summed E-state index contributed by atoms with van der Waals surface area (Å²) in [7, 11) is 0. The largest absolute Gasteiger partial charge is 0.393 e. The number of aryl methyl sites for hydroxylation is 1. The van der Waals surface area contributed by atoms with Gasteiger partial charge in [0.1, 0.15) is 5.82 Å². The minimum atomic E-state index is -0.431. The molecule has 0 fully saturated rings. The van der Waals surface area contributed by atoms with Gasteiger partial charge in [-0.1, -0.05) is 12.1 Å². The van der Waals surface area contributed by atoms with Gasteiger partial charge < -0.3 is 15.0 Å². The van der Waals surface area contributed by atoms with Gasteiger partial charge in [-0.2, -0.15) is 0 Å². The molecule has 5 nitrogen and oxygen atoms in total. The second kappa shape index (κ2) is 7.22. The lowest BCUT2D eigenvalue weighted by molar-refractivity contribution is -0.121. The summed E-state index contributed by atoms with van der Waals surface area (Å²) in [6, 6.07) is 8.07. The first kappa shape index (κ1) is 15.5. The Balaban J connectivity index is 1.93. The third kappa shape index (κ3) is 4.04. The fourth-order valence-electron chi connectivity index (χ4n) is 2.41. The van der Waals surface area contributed by atoms with Crippen LogP contribution in [-0.2, 0) is 17.8 Å². The van der Waals surface area contributed by atoms with Crippen LogP contribution in [0.25, 0.3) is 11.0 Å². The van der Waals surface area contributed by atoms with Crippen molar-refractivity contribution in [2.24, 2.45) is 0 Å². The Hall–Kier alpha value is -1.88. The van der Waals surface area contributed by atoms with E-state index in [0.717, 1.165) is 23.4 Å². The normalized spacial score (nSPS) is 12.5. The molecule has 0 saturated heterocycles. The maximum absolute atomic E-state index is 11.6. The summed E-state index contributed by atoms with van der Waals surface area (Å²) in [6.45, 7) is 5.23. The van der Waals surface area contributed by atoms with E-state index < -0.39 is 6.10 Å². The van der Waals surface area contributed by atoms with Gasteiger partial charge >= 0.3 is 0 Å². The Morgan fingerprint density at radius 1 is 1.43 bits per heavy atom. The number of nitrogens with zero attached hydrogens (tertiary/aromatic N) is 2. The number of benzene rings is 1. The average Bonchev–Trinajstić information content (AvgIpc) is 2.82. The van der Waals surface area contributed by atoms with E-state index >= 15 is 0 Å². The predicted octanol–water partition coefficient (Wildman–Crippen LogP) is 1.88. The predicted molar refractivity (Wildman–Crippen MR) is 83.0 cm³/mol. The number of rotatable bonds is 7. The molecule has 1 aromatic heterocycles. The molecule has 5 heteroatoms. The quantitative estimate of drug-likeness (QED) is 0.818. The summed E-state index contributed by atoms with van der Waals surface area (Å²) in [4.78, 5) is 16.2. The van der Waals surface area contributed by atoms with Crippen LogP contribution in [0.1, 0.15) is 32.5 Å². The van der Waals surface area contributed by atoms with Crippen LogP contribution in [0, 0.1) is 0 Å². The molecule has 0 aliphatic carbocycles. The Kier molecular flexibility index (Phi) is 5.33. The smallest absolute Gasteiger partial charge is 0.220 e. The molecule has 0 aliphatic rings. The lowest BCUT2D eigenvalue weighted by Crippen LogP contribution is -2.27. The first-order valence-corrected chi connectivity index (χ1v) is 7.50. The second-order valence-corrected chi connectivity index (χ2v) is 5.25. The maximum Gasteiger partial charge on any atom is 0.220 e. The number of fused-ring (bicyclic) bond motifs is 1. The van der Waals surface area contributed by atoms with Crippen molar-refractivity contribution in [2.45, 2.75) is 45.8 Å². The topological polar surface area (TPSA) is 67.2 Å².